The van der Waals surface area contributed by atoms with Crippen molar-refractivity contribution in [1.29, 1.82) is 0 Å². The first-order valence-electron chi connectivity index (χ1n) is 11.4. The van der Waals surface area contributed by atoms with Crippen LogP contribution in [0, 0.1) is 0 Å². The monoisotopic (exact) mass is 466 g/mol. The molecule has 0 spiro atoms. The highest BCUT2D eigenvalue weighted by molar-refractivity contribution is 6.11. The predicted molar refractivity (Wildman–Crippen MR) is 128 cm³/mol. The molecule has 2 aromatic carbocycles. The van der Waals surface area contributed by atoms with Crippen LogP contribution in [0.5, 0.6) is 5.75 Å². The van der Waals surface area contributed by atoms with Crippen LogP contribution in [0.3, 0.4) is 0 Å². The lowest BCUT2D eigenvalue weighted by atomic mass is 9.87. The van der Waals surface area contributed by atoms with E-state index in [-0.39, 0.29) is 0 Å². The fourth-order valence-corrected chi connectivity index (χ4v) is 4.40. The van der Waals surface area contributed by atoms with E-state index in [2.05, 4.69) is 15.5 Å². The zero-order valence-corrected chi connectivity index (χ0v) is 19.7. The SMILES string of the molecule is CC[C@]1(c2ccc(OC)cc2)NC(=O)N([C@H](C)C(=O)Nc2ccc(N3CCOCC3)cc2)C1=O. The summed E-state index contributed by atoms with van der Waals surface area (Å²) in [6, 6.07) is 12.9. The molecule has 2 saturated heterocycles. The van der Waals surface area contributed by atoms with Gasteiger partial charge in [0.25, 0.3) is 5.91 Å². The van der Waals surface area contributed by atoms with E-state index in [4.69, 9.17) is 9.47 Å². The number of rotatable bonds is 7. The van der Waals surface area contributed by atoms with E-state index in [1.807, 2.05) is 31.2 Å². The highest BCUT2D eigenvalue weighted by atomic mass is 16.5. The first-order chi connectivity index (χ1) is 16.4. The van der Waals surface area contributed by atoms with Crippen molar-refractivity contribution in [3.63, 3.8) is 0 Å². The van der Waals surface area contributed by atoms with E-state index in [1.54, 1.807) is 38.3 Å². The molecule has 0 radical (unpaired) electrons. The predicted octanol–water partition coefficient (Wildman–Crippen LogP) is 2.72. The molecule has 2 aliphatic rings. The second-order valence-corrected chi connectivity index (χ2v) is 8.40. The molecule has 4 amide bonds. The second kappa shape index (κ2) is 9.72. The van der Waals surface area contributed by atoms with Crippen LogP contribution in [-0.2, 0) is 19.9 Å². The van der Waals surface area contributed by atoms with E-state index in [1.165, 1.54) is 0 Å². The van der Waals surface area contributed by atoms with Gasteiger partial charge >= 0.3 is 6.03 Å². The summed E-state index contributed by atoms with van der Waals surface area (Å²) in [5, 5.41) is 5.63. The highest BCUT2D eigenvalue weighted by Crippen LogP contribution is 2.34. The summed E-state index contributed by atoms with van der Waals surface area (Å²) in [5.41, 5.74) is 1.06. The number of methoxy groups -OCH3 is 1. The Bertz CT molecular complexity index is 1050. The number of morpholine rings is 1. The van der Waals surface area contributed by atoms with Gasteiger partial charge in [-0.25, -0.2) is 9.69 Å². The number of urea groups is 1. The van der Waals surface area contributed by atoms with E-state index in [9.17, 15) is 14.4 Å². The molecule has 34 heavy (non-hydrogen) atoms. The Kier molecular flexibility index (Phi) is 6.74. The standard InChI is InChI=1S/C25H30N4O5/c1-4-25(18-5-11-21(33-3)12-6-18)23(31)29(24(32)27-25)17(2)22(30)26-19-7-9-20(10-8-19)28-13-15-34-16-14-28/h5-12,17H,4,13-16H2,1-3H3,(H,26,30)(H,27,32)/t17-,25-/m1/s1. The Morgan fingerprint density at radius 3 is 2.35 bits per heavy atom. The number of hydrogen-bond donors (Lipinski definition) is 2. The van der Waals surface area contributed by atoms with Gasteiger partial charge in [-0.05, 0) is 55.3 Å². The van der Waals surface area contributed by atoms with Gasteiger partial charge in [-0.1, -0.05) is 19.1 Å². The Labute approximate surface area is 199 Å². The summed E-state index contributed by atoms with van der Waals surface area (Å²) in [6.07, 6.45) is 0.345. The molecule has 0 aliphatic carbocycles. The molecular weight excluding hydrogens is 436 g/mol. The third kappa shape index (κ3) is 4.31. The quantitative estimate of drug-likeness (QED) is 0.609. The van der Waals surface area contributed by atoms with Crippen molar-refractivity contribution in [2.24, 2.45) is 0 Å². The maximum atomic E-state index is 13.5. The number of hydrogen-bond acceptors (Lipinski definition) is 6. The van der Waals surface area contributed by atoms with Crippen LogP contribution < -0.4 is 20.3 Å². The van der Waals surface area contributed by atoms with Crippen LogP contribution in [0.2, 0.25) is 0 Å². The molecule has 4 rings (SSSR count). The number of amides is 4. The first-order valence-corrected chi connectivity index (χ1v) is 11.4. The first kappa shape index (κ1) is 23.6. The minimum atomic E-state index is -1.22. The zero-order valence-electron chi connectivity index (χ0n) is 19.7. The lowest BCUT2D eigenvalue weighted by Gasteiger charge is -2.29. The van der Waals surface area contributed by atoms with Crippen molar-refractivity contribution in [2.75, 3.05) is 43.6 Å². The molecular formula is C25H30N4O5. The fraction of sp³-hybridized carbons (Fsp3) is 0.400. The lowest BCUT2D eigenvalue weighted by molar-refractivity contribution is -0.136. The molecule has 2 atom stereocenters. The summed E-state index contributed by atoms with van der Waals surface area (Å²) in [4.78, 5) is 42.5. The van der Waals surface area contributed by atoms with E-state index >= 15 is 0 Å². The third-order valence-corrected chi connectivity index (χ3v) is 6.51. The van der Waals surface area contributed by atoms with Gasteiger partial charge in [0.1, 0.15) is 17.3 Å². The molecule has 9 nitrogen and oxygen atoms in total. The Morgan fingerprint density at radius 2 is 1.76 bits per heavy atom. The van der Waals surface area contributed by atoms with Crippen molar-refractivity contribution >= 4 is 29.2 Å². The van der Waals surface area contributed by atoms with Gasteiger partial charge in [-0.15, -0.1) is 0 Å². The molecule has 0 saturated carbocycles. The van der Waals surface area contributed by atoms with Crippen molar-refractivity contribution < 1.29 is 23.9 Å². The number of benzene rings is 2. The molecule has 2 aliphatic heterocycles. The second-order valence-electron chi connectivity index (χ2n) is 8.40. The van der Waals surface area contributed by atoms with Gasteiger partial charge in [-0.3, -0.25) is 9.59 Å². The Balaban J connectivity index is 1.47. The third-order valence-electron chi connectivity index (χ3n) is 6.51. The van der Waals surface area contributed by atoms with Crippen molar-refractivity contribution in [3.05, 3.63) is 54.1 Å². The van der Waals surface area contributed by atoms with Crippen LogP contribution in [0.1, 0.15) is 25.8 Å². The normalized spacial score (nSPS) is 21.3. The highest BCUT2D eigenvalue weighted by Gasteiger charge is 2.53. The number of nitrogens with zero attached hydrogens (tertiary/aromatic N) is 2. The van der Waals surface area contributed by atoms with Crippen LogP contribution in [0.25, 0.3) is 0 Å². The van der Waals surface area contributed by atoms with Crippen LogP contribution in [-0.4, -0.2) is 62.2 Å². The number of ether oxygens (including phenoxy) is 2. The molecule has 2 fully saturated rings. The number of anilines is 2. The number of carbonyl (C=O) groups excluding carboxylic acids is 3. The van der Waals surface area contributed by atoms with E-state index in [0.717, 1.165) is 23.7 Å². The van der Waals surface area contributed by atoms with Crippen LogP contribution >= 0.6 is 0 Å². The zero-order chi connectivity index (χ0) is 24.3. The fourth-order valence-electron chi connectivity index (χ4n) is 4.40. The number of nitrogens with one attached hydrogen (secondary N) is 2. The maximum absolute atomic E-state index is 13.5. The largest absolute Gasteiger partial charge is 0.497 e. The minimum Gasteiger partial charge on any atom is -0.497 e. The van der Waals surface area contributed by atoms with Gasteiger partial charge in [0, 0.05) is 24.5 Å². The average Bonchev–Trinajstić information content (AvgIpc) is 3.14. The lowest BCUT2D eigenvalue weighted by Crippen LogP contribution is -2.47. The molecule has 0 aromatic heterocycles. The topological polar surface area (TPSA) is 100 Å². The van der Waals surface area contributed by atoms with E-state index < -0.39 is 29.4 Å². The van der Waals surface area contributed by atoms with E-state index in [0.29, 0.717) is 36.6 Å². The molecule has 9 heteroatoms. The molecule has 0 bridgehead atoms. The molecule has 2 heterocycles. The average molecular weight is 467 g/mol. The summed E-state index contributed by atoms with van der Waals surface area (Å²) in [6.45, 7) is 6.40. The summed E-state index contributed by atoms with van der Waals surface area (Å²) < 4.78 is 10.6. The molecule has 180 valence electrons. The van der Waals surface area contributed by atoms with Crippen molar-refractivity contribution in [1.82, 2.24) is 10.2 Å². The van der Waals surface area contributed by atoms with Gasteiger partial charge in [-0.2, -0.15) is 0 Å². The van der Waals surface area contributed by atoms with Gasteiger partial charge in [0.2, 0.25) is 5.91 Å². The molecule has 0 unspecified atom stereocenters. The smallest absolute Gasteiger partial charge is 0.326 e. The van der Waals surface area contributed by atoms with Crippen LogP contribution in [0.15, 0.2) is 48.5 Å². The van der Waals surface area contributed by atoms with Crippen molar-refractivity contribution in [2.45, 2.75) is 31.8 Å². The Morgan fingerprint density at radius 1 is 1.12 bits per heavy atom. The van der Waals surface area contributed by atoms with Crippen LogP contribution in [0.4, 0.5) is 16.2 Å². The van der Waals surface area contributed by atoms with Gasteiger partial charge < -0.3 is 25.0 Å². The van der Waals surface area contributed by atoms with Crippen molar-refractivity contribution in [3.8, 4) is 5.75 Å². The molecule has 2 N–H and O–H groups in total. The van der Waals surface area contributed by atoms with Gasteiger partial charge in [0.05, 0.1) is 20.3 Å². The summed E-state index contributed by atoms with van der Waals surface area (Å²) >= 11 is 0. The summed E-state index contributed by atoms with van der Waals surface area (Å²) in [5.74, 6) is -0.240. The molecule has 2 aromatic rings. The minimum absolute atomic E-state index is 0.345. The van der Waals surface area contributed by atoms with Gasteiger partial charge in [0.15, 0.2) is 0 Å². The Hall–Kier alpha value is -3.59. The number of carbonyl (C=O) groups is 3. The summed E-state index contributed by atoms with van der Waals surface area (Å²) in [7, 11) is 1.56. The maximum Gasteiger partial charge on any atom is 0.326 e. The number of imide groups is 1.